The van der Waals surface area contributed by atoms with Gasteiger partial charge in [0.25, 0.3) is 9.05 Å². The predicted octanol–water partition coefficient (Wildman–Crippen LogP) is 12.4. The summed E-state index contributed by atoms with van der Waals surface area (Å²) < 4.78 is 128. The van der Waals surface area contributed by atoms with E-state index in [1.54, 1.807) is 61.6 Å². The lowest BCUT2D eigenvalue weighted by Crippen LogP contribution is -2.58. The molecular weight excluding hydrogens is 1690 g/mol. The van der Waals surface area contributed by atoms with Gasteiger partial charge in [0.2, 0.25) is 30.1 Å². The Hall–Kier alpha value is -6.97. The number of carboxylic acids is 1. The Kier molecular flexibility index (Phi) is 35.7. The standard InChI is InChI=1S/C22H28N2O5S2.C21H26N2O5S2.C14H19NO5S2.C8H10ClN.C8H15NO2S.C6H5ClO3S/c1-15-12-17(13-16(2)23-15)14-29-18-6-8-19(9-7-18)31(26,27)24-10-11-30-22(3,4)20(24)21(25)28-5;1-14-11-16(12-15(2)22-14)13-28-17-5-7-18(8-6-17)30(26,27)23-9-10-29-21(3,4)19(23)20(24)25;1-14(2)12(13(17)20-3)15(8-9-21-14)22(18,19)11-6-4-10(16)5-7-11;1-6-3-8(5-9)4-7(2)10-6;1-8(2)6(7(10)11-3)9-4-5-12-8;7-11(9,10)6-3-1-5(8)2-4-6/h6-9,12-13,20H,10-11,14H2,1-5H3;5-8,11-12,19H,9-10,13H2,1-4H3,(H,24,25);4-7,12,16H,8-9H2,1-3H3;3-4H,5H2,1-2H3;6,9H,4-5H2,1-3H3;1-4,8H. The van der Waals surface area contributed by atoms with Crippen molar-refractivity contribution in [2.45, 2.75) is 179 Å². The molecule has 0 saturated carbocycles. The van der Waals surface area contributed by atoms with E-state index in [-0.39, 0.29) is 67.5 Å². The number of esters is 3. The van der Waals surface area contributed by atoms with Gasteiger partial charge in [0.05, 0.1) is 40.9 Å². The van der Waals surface area contributed by atoms with Gasteiger partial charge in [0, 0.05) is 119 Å². The van der Waals surface area contributed by atoms with E-state index in [1.807, 2.05) is 117 Å². The SMILES string of the molecule is COC(=O)C1N(S(=O)(=O)c2ccc(O)cc2)CCSC1(C)C.COC(=O)C1N(S(=O)(=O)c2ccc(OCc3cc(C)nc(C)c3)cc2)CCSC1(C)C.COC(=O)C1NCCSC1(C)C.Cc1cc(CCl)cc(C)n1.Cc1cc(COc2ccc(S(=O)(=O)N3CCSC(C)(C)C3C(=O)O)cc2)cc(C)n1.O=S(=O)(Cl)c1ccc(O)cc1. The van der Waals surface area contributed by atoms with Crippen LogP contribution in [0.25, 0.3) is 0 Å². The van der Waals surface area contributed by atoms with Gasteiger partial charge in [-0.3, -0.25) is 34.1 Å². The Balaban J connectivity index is 0.000000228. The van der Waals surface area contributed by atoms with Crippen molar-refractivity contribution in [2.24, 2.45) is 0 Å². The fourth-order valence-corrected chi connectivity index (χ4v) is 24.1. The second-order valence-corrected chi connectivity index (χ2v) is 44.5. The molecule has 37 heteroatoms. The largest absolute Gasteiger partial charge is 0.508 e. The number of carboxylic acid groups (broad SMARTS) is 1. The molecule has 0 amide bonds. The van der Waals surface area contributed by atoms with Gasteiger partial charge in [-0.25, -0.2) is 33.7 Å². The molecule has 4 atom stereocenters. The van der Waals surface area contributed by atoms with Gasteiger partial charge >= 0.3 is 23.9 Å². The number of aliphatic carboxylic acids is 1. The highest BCUT2D eigenvalue weighted by molar-refractivity contribution is 8.13. The number of hydrogen-bond donors (Lipinski definition) is 4. The number of alkyl halides is 1. The minimum atomic E-state index is -3.95. The number of nitrogens with zero attached hydrogens (tertiary/aromatic N) is 6. The molecule has 4 saturated heterocycles. The van der Waals surface area contributed by atoms with Gasteiger partial charge in [-0.15, -0.1) is 11.6 Å². The van der Waals surface area contributed by atoms with E-state index >= 15 is 0 Å². The van der Waals surface area contributed by atoms with Crippen LogP contribution in [0.5, 0.6) is 23.0 Å². The number of sulfonamides is 3. The van der Waals surface area contributed by atoms with Crippen LogP contribution in [0, 0.1) is 41.5 Å². The van der Waals surface area contributed by atoms with Crippen molar-refractivity contribution in [1.29, 1.82) is 0 Å². The number of thioether (sulfide) groups is 4. The zero-order chi connectivity index (χ0) is 86.7. The minimum Gasteiger partial charge on any atom is -0.508 e. The molecule has 4 unspecified atom stereocenters. The van der Waals surface area contributed by atoms with E-state index in [0.29, 0.717) is 47.9 Å². The topological polar surface area (TPSA) is 372 Å². The van der Waals surface area contributed by atoms with Crippen LogP contribution in [0.3, 0.4) is 0 Å². The maximum Gasteiger partial charge on any atom is 0.325 e. The first-order chi connectivity index (χ1) is 54.0. The van der Waals surface area contributed by atoms with E-state index in [1.165, 1.54) is 114 Å². The van der Waals surface area contributed by atoms with Gasteiger partial charge in [-0.2, -0.15) is 60.0 Å². The fraction of sp³-hybridized carbons (Fsp3) is 0.456. The molecule has 11 rings (SSSR count). The lowest BCUT2D eigenvalue weighted by atomic mass is 10.0. The van der Waals surface area contributed by atoms with Gasteiger partial charge in [-0.1, -0.05) is 0 Å². The molecule has 0 bridgehead atoms. The summed E-state index contributed by atoms with van der Waals surface area (Å²) in [5.74, 6) is 2.03. The summed E-state index contributed by atoms with van der Waals surface area (Å²) in [4.78, 5) is 60.8. The van der Waals surface area contributed by atoms with E-state index < -0.39 is 89.4 Å². The molecule has 0 aliphatic carbocycles. The number of pyridine rings is 3. The van der Waals surface area contributed by atoms with Crippen LogP contribution in [-0.4, -0.2) is 214 Å². The molecule has 27 nitrogen and oxygen atoms in total. The van der Waals surface area contributed by atoms with Gasteiger partial charge < -0.3 is 44.3 Å². The Labute approximate surface area is 708 Å². The lowest BCUT2D eigenvalue weighted by Gasteiger charge is -2.43. The van der Waals surface area contributed by atoms with Crippen LogP contribution in [0.4, 0.5) is 0 Å². The third-order valence-electron chi connectivity index (χ3n) is 18.1. The van der Waals surface area contributed by atoms with Crippen molar-refractivity contribution in [3.8, 4) is 23.0 Å². The van der Waals surface area contributed by atoms with E-state index in [0.717, 1.165) is 67.5 Å². The lowest BCUT2D eigenvalue weighted by molar-refractivity contribution is -0.147. The highest BCUT2D eigenvalue weighted by Gasteiger charge is 2.52. The van der Waals surface area contributed by atoms with Crippen molar-refractivity contribution >= 4 is 132 Å². The number of carbonyl (C=O) groups excluding carboxylic acids is 3. The zero-order valence-corrected chi connectivity index (χ0v) is 75.8. The number of carbonyl (C=O) groups is 4. The van der Waals surface area contributed by atoms with Crippen LogP contribution in [0.1, 0.15) is 106 Å². The van der Waals surface area contributed by atoms with Crippen LogP contribution >= 0.6 is 69.3 Å². The van der Waals surface area contributed by atoms with E-state index in [4.69, 9.17) is 51.1 Å². The number of aromatic hydroxyl groups is 2. The normalized spacial score (nSPS) is 19.2. The maximum atomic E-state index is 13.3. The molecular formula is C79H103Cl2N7O20S8. The van der Waals surface area contributed by atoms with Crippen molar-refractivity contribution in [3.05, 3.63) is 184 Å². The van der Waals surface area contributed by atoms with Crippen molar-refractivity contribution in [1.82, 2.24) is 33.2 Å². The molecule has 4 fully saturated rings. The molecule has 116 heavy (non-hydrogen) atoms. The number of phenolic OH excluding ortho intramolecular Hbond substituents is 2. The molecule has 4 aliphatic heterocycles. The maximum absolute atomic E-state index is 13.3. The molecule has 636 valence electrons. The van der Waals surface area contributed by atoms with E-state index in [2.05, 4.69) is 34.1 Å². The monoisotopic (exact) mass is 1800 g/mol. The Morgan fingerprint density at radius 3 is 1.02 bits per heavy atom. The molecule has 3 aromatic heterocycles. The number of nitrogens with one attached hydrogen (secondary N) is 1. The van der Waals surface area contributed by atoms with Crippen molar-refractivity contribution in [3.63, 3.8) is 0 Å². The molecule has 4 aliphatic rings. The summed E-state index contributed by atoms with van der Waals surface area (Å²) >= 11 is 12.0. The zero-order valence-electron chi connectivity index (χ0n) is 67.8. The fourth-order valence-electron chi connectivity index (χ4n) is 12.8. The average Bonchev–Trinajstić information content (AvgIpc) is 0.768. The minimum absolute atomic E-state index is 0.00840. The number of phenols is 2. The molecule has 4 aromatic carbocycles. The average molecular weight is 1800 g/mol. The molecule has 7 aromatic rings. The van der Waals surface area contributed by atoms with Crippen LogP contribution in [-0.2, 0) is 91.6 Å². The molecule has 4 N–H and O–H groups in total. The van der Waals surface area contributed by atoms with Crippen molar-refractivity contribution < 1.29 is 91.9 Å². The van der Waals surface area contributed by atoms with Gasteiger partial charge in [-0.05, 0) is 247 Å². The number of benzene rings is 4. The van der Waals surface area contributed by atoms with Crippen molar-refractivity contribution in [2.75, 3.05) is 70.5 Å². The number of ether oxygens (including phenoxy) is 5. The van der Waals surface area contributed by atoms with E-state index in [9.17, 15) is 63.1 Å². The Bertz CT molecular complexity index is 4940. The first kappa shape index (κ1) is 97.9. The molecule has 0 radical (unpaired) electrons. The number of rotatable bonds is 18. The molecule has 0 spiro atoms. The second-order valence-electron chi connectivity index (χ2n) is 29.0. The highest BCUT2D eigenvalue weighted by Crippen LogP contribution is 2.42. The summed E-state index contributed by atoms with van der Waals surface area (Å²) in [6.07, 6.45) is 0. The first-order valence-electron chi connectivity index (χ1n) is 36.2. The number of methoxy groups -OCH3 is 3. The predicted molar refractivity (Wildman–Crippen MR) is 456 cm³/mol. The van der Waals surface area contributed by atoms with Gasteiger partial charge in [0.15, 0.2) is 0 Å². The Morgan fingerprint density at radius 1 is 0.440 bits per heavy atom. The Morgan fingerprint density at radius 2 is 0.724 bits per heavy atom. The number of aryl methyl sites for hydroxylation is 6. The van der Waals surface area contributed by atoms with Gasteiger partial charge in [0.1, 0.15) is 60.4 Å². The third-order valence-corrected chi connectivity index (χ3v) is 30.9. The van der Waals surface area contributed by atoms with Crippen LogP contribution in [0.15, 0.2) is 153 Å². The van der Waals surface area contributed by atoms with Crippen LogP contribution in [0.2, 0.25) is 0 Å². The number of aromatic nitrogens is 3. The summed E-state index contributed by atoms with van der Waals surface area (Å²) in [6.45, 7) is 28.9. The van der Waals surface area contributed by atoms with Crippen LogP contribution < -0.4 is 14.8 Å². The molecule has 7 heterocycles. The number of halogens is 2. The summed E-state index contributed by atoms with van der Waals surface area (Å²) in [5, 5.41) is 30.9. The number of hydrogen-bond acceptors (Lipinski definition) is 27. The summed E-state index contributed by atoms with van der Waals surface area (Å²) in [5.41, 5.74) is 8.85. The summed E-state index contributed by atoms with van der Waals surface area (Å²) in [7, 11) is -6.37. The second kappa shape index (κ2) is 42.3. The summed E-state index contributed by atoms with van der Waals surface area (Å²) in [6, 6.07) is 31.3. The smallest absolute Gasteiger partial charge is 0.325 e. The first-order valence-corrected chi connectivity index (χ1v) is 47.3. The highest BCUT2D eigenvalue weighted by atomic mass is 35.7. The third kappa shape index (κ3) is 27.3. The quantitative estimate of drug-likeness (QED) is 0.0268.